The van der Waals surface area contributed by atoms with Gasteiger partial charge in [0.25, 0.3) is 5.91 Å². The standard InChI is InChI=1S/C25H31F3N2O6/c1-6-16(7-2)22(36-18-10-8-17(9-11-18)25(26,27)28)15(4)35-24(33)14(3)30-23(32)20-21(31)19(34-5)12-13-29-20/h8-16,22,31H,6-7H2,1-5H3,(H,30,32)/t14-,15-,22-/m0/s1. The Hall–Kier alpha value is -3.50. The summed E-state index contributed by atoms with van der Waals surface area (Å²) < 4.78 is 55.1. The van der Waals surface area contributed by atoms with E-state index in [9.17, 15) is 27.9 Å². The van der Waals surface area contributed by atoms with Gasteiger partial charge in [0, 0.05) is 12.3 Å². The van der Waals surface area contributed by atoms with Crippen LogP contribution in [-0.4, -0.2) is 47.3 Å². The number of aromatic nitrogens is 1. The van der Waals surface area contributed by atoms with Gasteiger partial charge >= 0.3 is 12.1 Å². The summed E-state index contributed by atoms with van der Waals surface area (Å²) in [6, 6.07) is 4.58. The van der Waals surface area contributed by atoms with Gasteiger partial charge in [-0.15, -0.1) is 0 Å². The lowest BCUT2D eigenvalue weighted by Gasteiger charge is -2.31. The van der Waals surface area contributed by atoms with Crippen LogP contribution in [0.2, 0.25) is 0 Å². The van der Waals surface area contributed by atoms with E-state index in [0.29, 0.717) is 12.8 Å². The highest BCUT2D eigenvalue weighted by atomic mass is 19.4. The number of aromatic hydroxyl groups is 1. The normalized spacial score (nSPS) is 14.0. The first-order valence-corrected chi connectivity index (χ1v) is 11.5. The van der Waals surface area contributed by atoms with Crippen LogP contribution in [0.3, 0.4) is 0 Å². The molecule has 36 heavy (non-hydrogen) atoms. The molecule has 8 nitrogen and oxygen atoms in total. The Balaban J connectivity index is 2.11. The second-order valence-electron chi connectivity index (χ2n) is 8.23. The SMILES string of the molecule is CCC(CC)[C@@H](Oc1ccc(C(F)(F)F)cc1)[C@H](C)OC(=O)[C@H](C)NC(=O)c1nccc(OC)c1O. The second-order valence-corrected chi connectivity index (χ2v) is 8.23. The second kappa shape index (κ2) is 12.5. The number of esters is 1. The Labute approximate surface area is 207 Å². The Kier molecular flexibility index (Phi) is 9.94. The van der Waals surface area contributed by atoms with Crippen molar-refractivity contribution >= 4 is 11.9 Å². The number of nitrogens with zero attached hydrogens (tertiary/aromatic N) is 1. The molecule has 0 saturated heterocycles. The van der Waals surface area contributed by atoms with Crippen LogP contribution in [0.15, 0.2) is 36.5 Å². The highest BCUT2D eigenvalue weighted by Crippen LogP contribution is 2.32. The maximum atomic E-state index is 12.9. The van der Waals surface area contributed by atoms with Gasteiger partial charge in [-0.05, 0) is 56.9 Å². The van der Waals surface area contributed by atoms with E-state index in [0.717, 1.165) is 12.1 Å². The largest absolute Gasteiger partial charge is 0.503 e. The van der Waals surface area contributed by atoms with Crippen molar-refractivity contribution in [1.29, 1.82) is 0 Å². The molecule has 1 heterocycles. The molecule has 2 aromatic rings. The minimum Gasteiger partial charge on any atom is -0.503 e. The zero-order valence-electron chi connectivity index (χ0n) is 20.8. The summed E-state index contributed by atoms with van der Waals surface area (Å²) in [5, 5.41) is 12.5. The number of carbonyl (C=O) groups excluding carboxylic acids is 2. The van der Waals surface area contributed by atoms with E-state index in [1.807, 2.05) is 13.8 Å². The molecule has 0 unspecified atom stereocenters. The van der Waals surface area contributed by atoms with Crippen molar-refractivity contribution in [3.63, 3.8) is 0 Å². The Morgan fingerprint density at radius 2 is 1.69 bits per heavy atom. The van der Waals surface area contributed by atoms with Crippen molar-refractivity contribution in [3.05, 3.63) is 47.8 Å². The molecule has 0 saturated carbocycles. The molecule has 2 N–H and O–H groups in total. The maximum Gasteiger partial charge on any atom is 0.416 e. The van der Waals surface area contributed by atoms with Gasteiger partial charge in [0.1, 0.15) is 24.0 Å². The van der Waals surface area contributed by atoms with Crippen LogP contribution in [0.1, 0.15) is 56.6 Å². The molecule has 0 aliphatic rings. The number of hydrogen-bond donors (Lipinski definition) is 2. The van der Waals surface area contributed by atoms with Crippen LogP contribution < -0.4 is 14.8 Å². The monoisotopic (exact) mass is 512 g/mol. The molecule has 1 amide bonds. The molecule has 0 spiro atoms. The first kappa shape index (κ1) is 28.7. The average molecular weight is 513 g/mol. The van der Waals surface area contributed by atoms with Gasteiger partial charge in [0.2, 0.25) is 0 Å². The quantitative estimate of drug-likeness (QED) is 0.419. The Bertz CT molecular complexity index is 1030. The van der Waals surface area contributed by atoms with Crippen molar-refractivity contribution in [2.75, 3.05) is 7.11 Å². The number of benzene rings is 1. The lowest BCUT2D eigenvalue weighted by molar-refractivity contribution is -0.156. The predicted molar refractivity (Wildman–Crippen MR) is 125 cm³/mol. The fraction of sp³-hybridized carbons (Fsp3) is 0.480. The van der Waals surface area contributed by atoms with Crippen LogP contribution in [0, 0.1) is 5.92 Å². The number of ether oxygens (including phenoxy) is 3. The zero-order chi connectivity index (χ0) is 27.0. The van der Waals surface area contributed by atoms with Crippen LogP contribution in [0.25, 0.3) is 0 Å². The number of nitrogens with one attached hydrogen (secondary N) is 1. The van der Waals surface area contributed by atoms with Gasteiger partial charge in [-0.25, -0.2) is 9.78 Å². The molecule has 1 aromatic heterocycles. The minimum atomic E-state index is -4.46. The smallest absolute Gasteiger partial charge is 0.416 e. The topological polar surface area (TPSA) is 107 Å². The molecule has 3 atom stereocenters. The van der Waals surface area contributed by atoms with Gasteiger partial charge < -0.3 is 24.6 Å². The molecule has 198 valence electrons. The molecule has 0 aliphatic heterocycles. The van der Waals surface area contributed by atoms with Crippen molar-refractivity contribution in [2.45, 2.75) is 65.0 Å². The number of rotatable bonds is 11. The molecule has 1 aromatic carbocycles. The molecule has 0 radical (unpaired) electrons. The first-order chi connectivity index (χ1) is 16.9. The zero-order valence-corrected chi connectivity index (χ0v) is 20.8. The number of pyridine rings is 1. The number of halogens is 3. The summed E-state index contributed by atoms with van der Waals surface area (Å²) in [5.74, 6) is -1.83. The van der Waals surface area contributed by atoms with Gasteiger partial charge in [-0.2, -0.15) is 13.2 Å². The third kappa shape index (κ3) is 7.25. The Morgan fingerprint density at radius 1 is 1.08 bits per heavy atom. The molecule has 0 fully saturated rings. The molecule has 2 rings (SSSR count). The van der Waals surface area contributed by atoms with Crippen LogP contribution in [0.5, 0.6) is 17.2 Å². The van der Waals surface area contributed by atoms with E-state index in [1.165, 1.54) is 38.4 Å². The molecular formula is C25H31F3N2O6. The van der Waals surface area contributed by atoms with Crippen molar-refractivity contribution < 1.29 is 42.1 Å². The lowest BCUT2D eigenvalue weighted by atomic mass is 9.93. The van der Waals surface area contributed by atoms with E-state index >= 15 is 0 Å². The van der Waals surface area contributed by atoms with E-state index in [-0.39, 0.29) is 23.1 Å². The summed E-state index contributed by atoms with van der Waals surface area (Å²) in [4.78, 5) is 29.0. The summed E-state index contributed by atoms with van der Waals surface area (Å²) in [7, 11) is 1.32. The van der Waals surface area contributed by atoms with Gasteiger partial charge in [-0.3, -0.25) is 4.79 Å². The molecule has 0 aliphatic carbocycles. The third-order valence-corrected chi connectivity index (χ3v) is 5.76. The van der Waals surface area contributed by atoms with E-state index in [4.69, 9.17) is 14.2 Å². The molecule has 0 bridgehead atoms. The maximum absolute atomic E-state index is 12.9. The van der Waals surface area contributed by atoms with Crippen molar-refractivity contribution in [3.8, 4) is 17.2 Å². The Morgan fingerprint density at radius 3 is 2.22 bits per heavy atom. The summed E-state index contributed by atoms with van der Waals surface area (Å²) in [5.41, 5.74) is -1.11. The van der Waals surface area contributed by atoms with Crippen LogP contribution in [0.4, 0.5) is 13.2 Å². The summed E-state index contributed by atoms with van der Waals surface area (Å²) in [6.07, 6.45) is -3.27. The highest BCUT2D eigenvalue weighted by Gasteiger charge is 2.33. The van der Waals surface area contributed by atoms with Crippen LogP contribution in [-0.2, 0) is 15.7 Å². The average Bonchev–Trinajstić information content (AvgIpc) is 2.83. The molecular weight excluding hydrogens is 481 g/mol. The molecule has 11 heteroatoms. The fourth-order valence-corrected chi connectivity index (χ4v) is 3.65. The van der Waals surface area contributed by atoms with Crippen molar-refractivity contribution in [1.82, 2.24) is 10.3 Å². The van der Waals surface area contributed by atoms with E-state index in [2.05, 4.69) is 10.3 Å². The van der Waals surface area contributed by atoms with E-state index < -0.39 is 47.6 Å². The van der Waals surface area contributed by atoms with E-state index in [1.54, 1.807) is 6.92 Å². The number of hydrogen-bond acceptors (Lipinski definition) is 7. The third-order valence-electron chi connectivity index (χ3n) is 5.76. The summed E-state index contributed by atoms with van der Waals surface area (Å²) >= 11 is 0. The lowest BCUT2D eigenvalue weighted by Crippen LogP contribution is -2.45. The fourth-order valence-electron chi connectivity index (χ4n) is 3.65. The summed E-state index contributed by atoms with van der Waals surface area (Å²) in [6.45, 7) is 6.90. The first-order valence-electron chi connectivity index (χ1n) is 11.5. The number of carbonyl (C=O) groups is 2. The highest BCUT2D eigenvalue weighted by molar-refractivity contribution is 5.97. The van der Waals surface area contributed by atoms with Gasteiger partial charge in [-0.1, -0.05) is 13.8 Å². The van der Waals surface area contributed by atoms with Gasteiger partial charge in [0.05, 0.1) is 12.7 Å². The van der Waals surface area contributed by atoms with Crippen molar-refractivity contribution in [2.24, 2.45) is 5.92 Å². The number of amides is 1. The number of alkyl halides is 3. The van der Waals surface area contributed by atoms with Gasteiger partial charge in [0.15, 0.2) is 17.2 Å². The minimum absolute atomic E-state index is 0.0485. The van der Waals surface area contributed by atoms with Crippen LogP contribution >= 0.6 is 0 Å². The predicted octanol–water partition coefficient (Wildman–Crippen LogP) is 4.75. The number of methoxy groups -OCH3 is 1.